The molecule has 2 aromatic rings. The van der Waals surface area contributed by atoms with Crippen molar-refractivity contribution >= 4 is 30.5 Å². The van der Waals surface area contributed by atoms with Crippen molar-refractivity contribution in [2.24, 2.45) is 10.7 Å². The number of hydrogen-bond donors (Lipinski definition) is 1. The van der Waals surface area contributed by atoms with Crippen LogP contribution >= 0.6 is 11.6 Å². The van der Waals surface area contributed by atoms with E-state index in [1.54, 1.807) is 43.9 Å². The SMILES string of the molecule is C=c1ccc(Cl)n/c1=C/C(=C\C)C(C=NC)=C(N)COc1ccncc1. The van der Waals surface area contributed by atoms with Gasteiger partial charge < -0.3 is 10.5 Å². The van der Waals surface area contributed by atoms with Crippen LogP contribution in [0.5, 0.6) is 5.75 Å². The molecule has 0 spiro atoms. The van der Waals surface area contributed by atoms with Crippen LogP contribution in [-0.4, -0.2) is 29.8 Å². The van der Waals surface area contributed by atoms with Crippen LogP contribution in [0.25, 0.3) is 12.7 Å². The maximum absolute atomic E-state index is 6.27. The minimum Gasteiger partial charge on any atom is -0.487 e. The highest BCUT2D eigenvalue weighted by atomic mass is 35.5. The Bertz CT molecular complexity index is 950. The van der Waals surface area contributed by atoms with Crippen molar-refractivity contribution in [3.05, 3.63) is 75.3 Å². The van der Waals surface area contributed by atoms with Gasteiger partial charge >= 0.3 is 0 Å². The molecule has 0 aliphatic heterocycles. The number of aromatic nitrogens is 2. The Morgan fingerprint density at radius 2 is 2.04 bits per heavy atom. The molecule has 0 saturated carbocycles. The molecule has 2 rings (SSSR count). The second kappa shape index (κ2) is 9.53. The average molecular weight is 369 g/mol. The molecule has 26 heavy (non-hydrogen) atoms. The summed E-state index contributed by atoms with van der Waals surface area (Å²) in [5, 5.41) is 1.85. The highest BCUT2D eigenvalue weighted by Crippen LogP contribution is 2.14. The quantitative estimate of drug-likeness (QED) is 0.482. The molecule has 0 aliphatic rings. The van der Waals surface area contributed by atoms with Crippen LogP contribution in [0.15, 0.2) is 64.6 Å². The van der Waals surface area contributed by atoms with Crippen LogP contribution in [0, 0.1) is 0 Å². The predicted molar refractivity (Wildman–Crippen MR) is 108 cm³/mol. The number of nitrogens with zero attached hydrogens (tertiary/aromatic N) is 3. The number of aliphatic imine (C=N–C) groups is 1. The van der Waals surface area contributed by atoms with E-state index in [9.17, 15) is 0 Å². The molecule has 0 bridgehead atoms. The topological polar surface area (TPSA) is 73.4 Å². The Labute approximate surface area is 157 Å². The third kappa shape index (κ3) is 5.29. The van der Waals surface area contributed by atoms with E-state index in [2.05, 4.69) is 21.5 Å². The van der Waals surface area contributed by atoms with Crippen molar-refractivity contribution in [3.63, 3.8) is 0 Å². The van der Waals surface area contributed by atoms with E-state index in [1.165, 1.54) is 0 Å². The molecule has 0 amide bonds. The van der Waals surface area contributed by atoms with E-state index < -0.39 is 0 Å². The lowest BCUT2D eigenvalue weighted by Crippen LogP contribution is -2.27. The van der Waals surface area contributed by atoms with Crippen LogP contribution in [0.2, 0.25) is 5.15 Å². The third-order valence-electron chi connectivity index (χ3n) is 3.54. The number of rotatable bonds is 6. The van der Waals surface area contributed by atoms with E-state index in [-0.39, 0.29) is 6.61 Å². The zero-order chi connectivity index (χ0) is 18.9. The molecule has 0 aliphatic carbocycles. The van der Waals surface area contributed by atoms with E-state index in [4.69, 9.17) is 22.1 Å². The Morgan fingerprint density at radius 1 is 1.31 bits per heavy atom. The lowest BCUT2D eigenvalue weighted by molar-refractivity contribution is 0.349. The fourth-order valence-corrected chi connectivity index (χ4v) is 2.37. The summed E-state index contributed by atoms with van der Waals surface area (Å²) in [5.74, 6) is 0.693. The van der Waals surface area contributed by atoms with Crippen LogP contribution in [-0.2, 0) is 0 Å². The molecule has 0 fully saturated rings. The Balaban J connectivity index is 2.39. The Morgan fingerprint density at radius 3 is 2.69 bits per heavy atom. The predicted octanol–water partition coefficient (Wildman–Crippen LogP) is 2.26. The first-order chi connectivity index (χ1) is 12.5. The molecule has 134 valence electrons. The van der Waals surface area contributed by atoms with Crippen LogP contribution < -0.4 is 21.0 Å². The number of pyridine rings is 2. The molecule has 2 aromatic heterocycles. The molecule has 6 heteroatoms. The summed E-state index contributed by atoms with van der Waals surface area (Å²) >= 11 is 6.00. The van der Waals surface area contributed by atoms with E-state index in [1.807, 2.05) is 25.1 Å². The fourth-order valence-electron chi connectivity index (χ4n) is 2.21. The van der Waals surface area contributed by atoms with Gasteiger partial charge in [0.2, 0.25) is 0 Å². The minimum atomic E-state index is 0.219. The number of hydrogen-bond acceptors (Lipinski definition) is 5. The monoisotopic (exact) mass is 368 g/mol. The number of ether oxygens (including phenoxy) is 1. The maximum atomic E-state index is 6.27. The zero-order valence-electron chi connectivity index (χ0n) is 14.8. The van der Waals surface area contributed by atoms with E-state index in [0.717, 1.165) is 16.4 Å². The van der Waals surface area contributed by atoms with Crippen molar-refractivity contribution in [3.8, 4) is 5.75 Å². The number of nitrogens with two attached hydrogens (primary N) is 1. The van der Waals surface area contributed by atoms with Gasteiger partial charge in [0, 0.05) is 31.2 Å². The first-order valence-corrected chi connectivity index (χ1v) is 8.36. The molecule has 2 N–H and O–H groups in total. The number of allylic oxidation sites excluding steroid dienone is 3. The highest BCUT2D eigenvalue weighted by molar-refractivity contribution is 6.29. The molecule has 0 atom stereocenters. The smallest absolute Gasteiger partial charge is 0.129 e. The van der Waals surface area contributed by atoms with Crippen molar-refractivity contribution in [1.29, 1.82) is 0 Å². The summed E-state index contributed by atoms with van der Waals surface area (Å²) in [6.07, 6.45) is 8.83. The van der Waals surface area contributed by atoms with Crippen LogP contribution in [0.3, 0.4) is 0 Å². The van der Waals surface area contributed by atoms with Gasteiger partial charge in [-0.2, -0.15) is 0 Å². The van der Waals surface area contributed by atoms with Gasteiger partial charge in [0.25, 0.3) is 0 Å². The van der Waals surface area contributed by atoms with Crippen molar-refractivity contribution in [2.45, 2.75) is 6.92 Å². The summed E-state index contributed by atoms with van der Waals surface area (Å²) in [5.41, 5.74) is 8.43. The maximum Gasteiger partial charge on any atom is 0.129 e. The fraction of sp³-hybridized carbons (Fsp3) is 0.150. The first-order valence-electron chi connectivity index (χ1n) is 7.98. The van der Waals surface area contributed by atoms with Crippen LogP contribution in [0.1, 0.15) is 6.92 Å². The molecule has 2 heterocycles. The molecular weight excluding hydrogens is 348 g/mol. The summed E-state index contributed by atoms with van der Waals surface area (Å²) < 4.78 is 5.71. The average Bonchev–Trinajstić information content (AvgIpc) is 2.66. The normalized spacial score (nSPS) is 13.8. The van der Waals surface area contributed by atoms with Crippen molar-refractivity contribution in [1.82, 2.24) is 9.97 Å². The lowest BCUT2D eigenvalue weighted by Gasteiger charge is -2.11. The second-order valence-electron chi connectivity index (χ2n) is 5.36. The zero-order valence-corrected chi connectivity index (χ0v) is 15.6. The van der Waals surface area contributed by atoms with Gasteiger partial charge in [-0.25, -0.2) is 4.98 Å². The van der Waals surface area contributed by atoms with Gasteiger partial charge in [-0.15, -0.1) is 0 Å². The van der Waals surface area contributed by atoms with Gasteiger partial charge in [-0.05, 0) is 42.0 Å². The Hall–Kier alpha value is -2.92. The summed E-state index contributed by atoms with van der Waals surface area (Å²) in [4.78, 5) is 12.4. The summed E-state index contributed by atoms with van der Waals surface area (Å²) in [6, 6.07) is 7.07. The summed E-state index contributed by atoms with van der Waals surface area (Å²) in [6.45, 7) is 6.12. The number of halogens is 1. The second-order valence-corrected chi connectivity index (χ2v) is 5.75. The first kappa shape index (κ1) is 19.4. The van der Waals surface area contributed by atoms with Gasteiger partial charge in [0.05, 0.1) is 11.0 Å². The third-order valence-corrected chi connectivity index (χ3v) is 3.75. The highest BCUT2D eigenvalue weighted by Gasteiger charge is 2.07. The Kier molecular flexibility index (Phi) is 7.12. The molecule has 0 radical (unpaired) electrons. The standard InChI is InChI=1S/C20H21ClN4O/c1-4-15(11-19-14(2)5-6-20(21)25-19)17(12-23-3)18(22)13-26-16-7-9-24-10-8-16/h4-12H,2,13,22H2,1,3H3/b15-4+,18-17?,19-11+,23-12?. The van der Waals surface area contributed by atoms with E-state index in [0.29, 0.717) is 21.9 Å². The lowest BCUT2D eigenvalue weighted by atomic mass is 10.0. The van der Waals surface area contributed by atoms with Crippen molar-refractivity contribution in [2.75, 3.05) is 13.7 Å². The molecule has 0 aromatic carbocycles. The molecule has 0 saturated heterocycles. The van der Waals surface area contributed by atoms with Gasteiger partial charge in [-0.3, -0.25) is 9.98 Å². The van der Waals surface area contributed by atoms with E-state index >= 15 is 0 Å². The van der Waals surface area contributed by atoms with Crippen LogP contribution in [0.4, 0.5) is 0 Å². The molecular formula is C20H21ClN4O. The molecule has 5 nitrogen and oxygen atoms in total. The summed E-state index contributed by atoms with van der Waals surface area (Å²) in [7, 11) is 1.69. The van der Waals surface area contributed by atoms with Gasteiger partial charge in [0.15, 0.2) is 0 Å². The largest absolute Gasteiger partial charge is 0.487 e. The van der Waals surface area contributed by atoms with Gasteiger partial charge in [0.1, 0.15) is 17.5 Å². The van der Waals surface area contributed by atoms with Gasteiger partial charge in [-0.1, -0.05) is 30.3 Å². The molecule has 0 unspecified atom stereocenters. The minimum absolute atomic E-state index is 0.219. The van der Waals surface area contributed by atoms with Crippen molar-refractivity contribution < 1.29 is 4.74 Å².